The second-order valence-corrected chi connectivity index (χ2v) is 7.94. The number of hydrogen-bond donors (Lipinski definition) is 2. The average Bonchev–Trinajstić information content (AvgIpc) is 3.15. The van der Waals surface area contributed by atoms with Crippen LogP contribution in [0, 0.1) is 0 Å². The lowest BCUT2D eigenvalue weighted by Crippen LogP contribution is -2.55. The van der Waals surface area contributed by atoms with E-state index in [2.05, 4.69) is 20.3 Å². The number of rotatable bonds is 6. The lowest BCUT2D eigenvalue weighted by atomic mass is 10.1. The summed E-state index contributed by atoms with van der Waals surface area (Å²) in [5.41, 5.74) is 1.03. The smallest absolute Gasteiger partial charge is 0.411 e. The molecule has 0 bridgehead atoms. The van der Waals surface area contributed by atoms with Crippen molar-refractivity contribution >= 4 is 28.9 Å². The number of fused-ring (bicyclic) bond motifs is 1. The Bertz CT molecular complexity index is 902. The van der Waals surface area contributed by atoms with E-state index in [1.807, 2.05) is 13.8 Å². The van der Waals surface area contributed by atoms with Gasteiger partial charge in [0.05, 0.1) is 23.2 Å². The quantitative estimate of drug-likeness (QED) is 0.694. The van der Waals surface area contributed by atoms with E-state index in [1.54, 1.807) is 16.0 Å². The van der Waals surface area contributed by atoms with Crippen LogP contribution < -0.4 is 5.32 Å². The van der Waals surface area contributed by atoms with Crippen LogP contribution in [0.5, 0.6) is 0 Å². The second-order valence-electron chi connectivity index (χ2n) is 7.94. The third-order valence-electron chi connectivity index (χ3n) is 5.35. The zero-order valence-electron chi connectivity index (χ0n) is 17.4. The van der Waals surface area contributed by atoms with Crippen LogP contribution >= 0.6 is 0 Å². The van der Waals surface area contributed by atoms with Gasteiger partial charge in [-0.05, 0) is 33.1 Å². The lowest BCUT2D eigenvalue weighted by Gasteiger charge is -2.39. The maximum absolute atomic E-state index is 12.9. The van der Waals surface area contributed by atoms with E-state index in [1.165, 1.54) is 6.33 Å². The fourth-order valence-electron chi connectivity index (χ4n) is 3.84. The fraction of sp³-hybridized carbons (Fsp3) is 0.600. The summed E-state index contributed by atoms with van der Waals surface area (Å²) in [6.07, 6.45) is 6.06. The Kier molecular flexibility index (Phi) is 6.03. The van der Waals surface area contributed by atoms with E-state index >= 15 is 0 Å². The lowest BCUT2D eigenvalue weighted by molar-refractivity contribution is -0.0683. The van der Waals surface area contributed by atoms with Crippen molar-refractivity contribution in [1.82, 2.24) is 24.8 Å². The molecule has 10 nitrogen and oxygen atoms in total. The van der Waals surface area contributed by atoms with E-state index in [0.717, 1.165) is 32.4 Å². The van der Waals surface area contributed by atoms with Crippen molar-refractivity contribution in [2.24, 2.45) is 0 Å². The number of likely N-dealkylation sites (tertiary alicyclic amines) is 2. The molecular formula is C20H28N6O4. The van der Waals surface area contributed by atoms with Crippen molar-refractivity contribution in [2.45, 2.75) is 45.3 Å². The van der Waals surface area contributed by atoms with Crippen LogP contribution in [-0.4, -0.2) is 81.9 Å². The average molecular weight is 416 g/mol. The summed E-state index contributed by atoms with van der Waals surface area (Å²) < 4.78 is 11.1. The van der Waals surface area contributed by atoms with Gasteiger partial charge in [-0.1, -0.05) is 0 Å². The van der Waals surface area contributed by atoms with Crippen LogP contribution in [0.4, 0.5) is 10.6 Å². The summed E-state index contributed by atoms with van der Waals surface area (Å²) >= 11 is 0. The molecule has 2 aromatic heterocycles. The molecule has 2 fully saturated rings. The van der Waals surface area contributed by atoms with E-state index in [9.17, 15) is 9.59 Å². The topological polar surface area (TPSA) is 113 Å². The van der Waals surface area contributed by atoms with Crippen molar-refractivity contribution in [2.75, 3.05) is 38.2 Å². The molecule has 2 aliphatic rings. The van der Waals surface area contributed by atoms with Gasteiger partial charge in [0.1, 0.15) is 17.8 Å². The summed E-state index contributed by atoms with van der Waals surface area (Å²) in [7, 11) is 0. The number of carbonyl (C=O) groups excluding carboxylic acids is 2. The summed E-state index contributed by atoms with van der Waals surface area (Å²) in [5, 5.41) is 3.60. The molecule has 0 atom stereocenters. The summed E-state index contributed by atoms with van der Waals surface area (Å²) in [6, 6.07) is 0. The van der Waals surface area contributed by atoms with E-state index in [4.69, 9.17) is 9.47 Å². The van der Waals surface area contributed by atoms with Gasteiger partial charge < -0.3 is 29.6 Å². The molecule has 0 radical (unpaired) electrons. The Labute approximate surface area is 174 Å². The van der Waals surface area contributed by atoms with Crippen LogP contribution in [0.2, 0.25) is 0 Å². The van der Waals surface area contributed by atoms with Gasteiger partial charge in [-0.25, -0.2) is 14.8 Å². The molecular weight excluding hydrogens is 388 g/mol. The minimum absolute atomic E-state index is 0.0335. The number of ether oxygens (including phenoxy) is 2. The maximum Gasteiger partial charge on any atom is 0.411 e. The Morgan fingerprint density at radius 1 is 1.20 bits per heavy atom. The first-order valence-corrected chi connectivity index (χ1v) is 10.5. The molecule has 0 saturated carbocycles. The van der Waals surface area contributed by atoms with Gasteiger partial charge in [-0.3, -0.25) is 4.79 Å². The number of nitrogens with one attached hydrogen (secondary N) is 2. The molecule has 2 N–H and O–H groups in total. The van der Waals surface area contributed by atoms with Crippen molar-refractivity contribution < 1.29 is 19.1 Å². The van der Waals surface area contributed by atoms with Gasteiger partial charge in [0.15, 0.2) is 6.73 Å². The van der Waals surface area contributed by atoms with Gasteiger partial charge in [-0.2, -0.15) is 0 Å². The molecule has 162 valence electrons. The standard InChI is InChI=1S/C20H28N6O4/c1-13(2)30-14-9-26(10-14)19(27)15-8-21-17-16(15)18(23-11-22-17)24-12-29-20(28)25-6-4-3-5-7-25/h8,11,13-14H,3-7,9-10,12H2,1-2H3,(H2,21,22,23,24). The zero-order chi connectivity index (χ0) is 21.1. The van der Waals surface area contributed by atoms with E-state index < -0.39 is 0 Å². The van der Waals surface area contributed by atoms with Crippen molar-refractivity contribution in [1.29, 1.82) is 0 Å². The number of aromatic amines is 1. The highest BCUT2D eigenvalue weighted by Gasteiger charge is 2.34. The Balaban J connectivity index is 1.40. The van der Waals surface area contributed by atoms with Crippen LogP contribution in [0.15, 0.2) is 12.5 Å². The highest BCUT2D eigenvalue weighted by atomic mass is 16.6. The first-order chi connectivity index (χ1) is 14.5. The fourth-order valence-corrected chi connectivity index (χ4v) is 3.84. The highest BCUT2D eigenvalue weighted by molar-refractivity contribution is 6.09. The van der Waals surface area contributed by atoms with Crippen LogP contribution in [0.3, 0.4) is 0 Å². The Morgan fingerprint density at radius 3 is 2.70 bits per heavy atom. The summed E-state index contributed by atoms with van der Waals surface area (Å²) in [5.74, 6) is 0.347. The number of aromatic nitrogens is 3. The largest absolute Gasteiger partial charge is 0.428 e. The van der Waals surface area contributed by atoms with Gasteiger partial charge in [0.25, 0.3) is 5.91 Å². The summed E-state index contributed by atoms with van der Waals surface area (Å²) in [4.78, 5) is 40.0. The number of piperidine rings is 1. The Hall–Kier alpha value is -2.88. The van der Waals surface area contributed by atoms with Crippen LogP contribution in [0.1, 0.15) is 43.5 Å². The molecule has 4 rings (SSSR count). The number of anilines is 1. The van der Waals surface area contributed by atoms with E-state index in [-0.39, 0.29) is 30.9 Å². The maximum atomic E-state index is 12.9. The first-order valence-electron chi connectivity index (χ1n) is 10.5. The number of amides is 2. The molecule has 30 heavy (non-hydrogen) atoms. The predicted molar refractivity (Wildman–Crippen MR) is 110 cm³/mol. The number of nitrogens with zero attached hydrogens (tertiary/aromatic N) is 4. The SMILES string of the molecule is CC(C)OC1CN(C(=O)c2c[nH]c3ncnc(NCOC(=O)N4CCCCC4)c23)C1. The van der Waals surface area contributed by atoms with Gasteiger partial charge in [-0.15, -0.1) is 0 Å². The molecule has 2 aromatic rings. The van der Waals surface area contributed by atoms with E-state index in [0.29, 0.717) is 35.5 Å². The number of hydrogen-bond acceptors (Lipinski definition) is 7. The minimum Gasteiger partial charge on any atom is -0.428 e. The molecule has 0 aliphatic carbocycles. The van der Waals surface area contributed by atoms with Crippen LogP contribution in [0.25, 0.3) is 11.0 Å². The monoisotopic (exact) mass is 416 g/mol. The predicted octanol–water partition coefficient (Wildman–Crippen LogP) is 2.20. The molecule has 2 saturated heterocycles. The second kappa shape index (κ2) is 8.86. The Morgan fingerprint density at radius 2 is 1.97 bits per heavy atom. The third-order valence-corrected chi connectivity index (χ3v) is 5.35. The van der Waals surface area contributed by atoms with Crippen molar-refractivity contribution in [3.63, 3.8) is 0 Å². The molecule has 0 aromatic carbocycles. The molecule has 2 aliphatic heterocycles. The van der Waals surface area contributed by atoms with Gasteiger partial charge in [0.2, 0.25) is 0 Å². The van der Waals surface area contributed by atoms with Crippen molar-refractivity contribution in [3.8, 4) is 0 Å². The molecule has 2 amide bonds. The molecule has 0 unspecified atom stereocenters. The molecule has 0 spiro atoms. The number of carbonyl (C=O) groups is 2. The van der Waals surface area contributed by atoms with Gasteiger partial charge in [0, 0.05) is 32.4 Å². The highest BCUT2D eigenvalue weighted by Crippen LogP contribution is 2.26. The summed E-state index contributed by atoms with van der Waals surface area (Å²) in [6.45, 7) is 6.51. The molecule has 4 heterocycles. The molecule has 10 heteroatoms. The first kappa shape index (κ1) is 20.4. The third kappa shape index (κ3) is 4.33. The van der Waals surface area contributed by atoms with Crippen molar-refractivity contribution in [3.05, 3.63) is 18.1 Å². The number of H-pyrrole nitrogens is 1. The minimum atomic E-state index is -0.338. The van der Waals surface area contributed by atoms with Gasteiger partial charge >= 0.3 is 6.09 Å². The normalized spacial score (nSPS) is 17.3. The van der Waals surface area contributed by atoms with Crippen LogP contribution in [-0.2, 0) is 9.47 Å². The zero-order valence-corrected chi connectivity index (χ0v) is 17.4.